The van der Waals surface area contributed by atoms with Crippen molar-refractivity contribution in [3.8, 4) is 0 Å². The van der Waals surface area contributed by atoms with Gasteiger partial charge in [0.1, 0.15) is 12.2 Å². The van der Waals surface area contributed by atoms with Gasteiger partial charge in [0.2, 0.25) is 0 Å². The number of hydrogen-bond acceptors (Lipinski definition) is 7. The fourth-order valence-corrected chi connectivity index (χ4v) is 2.06. The van der Waals surface area contributed by atoms with Crippen molar-refractivity contribution in [2.24, 2.45) is 0 Å². The lowest BCUT2D eigenvalue weighted by Crippen LogP contribution is -2.69. The lowest BCUT2D eigenvalue weighted by atomic mass is 9.93. The number of ether oxygens (including phenoxy) is 1. The molecule has 15 heavy (non-hydrogen) atoms. The molecular weight excluding hydrogens is 206 g/mol. The number of hydrogen-bond donors (Lipinski definition) is 5. The van der Waals surface area contributed by atoms with Gasteiger partial charge in [0.25, 0.3) is 0 Å². The highest BCUT2D eigenvalue weighted by Crippen LogP contribution is 2.25. The molecule has 2 aliphatic rings. The second-order valence-corrected chi connectivity index (χ2v) is 3.95. The van der Waals surface area contributed by atoms with Crippen molar-refractivity contribution in [3.05, 3.63) is 0 Å². The molecular formula is C8H15NO6. The van der Waals surface area contributed by atoms with Crippen LogP contribution in [0.25, 0.3) is 0 Å². The highest BCUT2D eigenvalue weighted by atomic mass is 16.6. The van der Waals surface area contributed by atoms with Gasteiger partial charge in [0.15, 0.2) is 12.5 Å². The first-order chi connectivity index (χ1) is 7.02. The van der Waals surface area contributed by atoms with Gasteiger partial charge in [-0.2, -0.15) is 0 Å². The number of aliphatic hydroxyl groups excluding tert-OH is 5. The predicted octanol–water partition coefficient (Wildman–Crippen LogP) is -3.58. The second-order valence-electron chi connectivity index (χ2n) is 3.95. The van der Waals surface area contributed by atoms with Gasteiger partial charge in [-0.25, -0.2) is 0 Å². The van der Waals surface area contributed by atoms with Gasteiger partial charge in [-0.05, 0) is 0 Å². The van der Waals surface area contributed by atoms with E-state index in [0.29, 0.717) is 0 Å². The largest absolute Gasteiger partial charge is 0.389 e. The second kappa shape index (κ2) is 3.95. The van der Waals surface area contributed by atoms with E-state index < -0.39 is 36.9 Å². The summed E-state index contributed by atoms with van der Waals surface area (Å²) in [5.74, 6) is 0. The van der Waals surface area contributed by atoms with Crippen LogP contribution in [0.2, 0.25) is 0 Å². The first kappa shape index (κ1) is 11.2. The zero-order chi connectivity index (χ0) is 11.2. The molecule has 7 nitrogen and oxygen atoms in total. The van der Waals surface area contributed by atoms with Crippen LogP contribution in [-0.2, 0) is 4.74 Å². The average Bonchev–Trinajstić information content (AvgIpc) is 2.21. The van der Waals surface area contributed by atoms with E-state index >= 15 is 0 Å². The van der Waals surface area contributed by atoms with E-state index in [1.54, 1.807) is 0 Å². The van der Waals surface area contributed by atoms with E-state index in [1.807, 2.05) is 0 Å². The van der Waals surface area contributed by atoms with Crippen LogP contribution in [0.5, 0.6) is 0 Å². The molecule has 2 rings (SSSR count). The minimum Gasteiger partial charge on any atom is -0.389 e. The van der Waals surface area contributed by atoms with Crippen LogP contribution < -0.4 is 0 Å². The molecule has 7 heteroatoms. The topological polar surface area (TPSA) is 114 Å². The van der Waals surface area contributed by atoms with Crippen molar-refractivity contribution in [3.63, 3.8) is 0 Å². The predicted molar refractivity (Wildman–Crippen MR) is 46.5 cm³/mol. The van der Waals surface area contributed by atoms with Crippen molar-refractivity contribution < 1.29 is 30.3 Å². The maximum atomic E-state index is 9.62. The summed E-state index contributed by atoms with van der Waals surface area (Å²) in [5, 5.41) is 47.2. The molecule has 5 N–H and O–H groups in total. The molecule has 2 saturated heterocycles. The first-order valence-corrected chi connectivity index (χ1v) is 4.80. The van der Waals surface area contributed by atoms with Crippen LogP contribution in [0, 0.1) is 0 Å². The lowest BCUT2D eigenvalue weighted by Gasteiger charge is -2.49. The molecule has 6 atom stereocenters. The van der Waals surface area contributed by atoms with E-state index in [4.69, 9.17) is 4.74 Å². The summed E-state index contributed by atoms with van der Waals surface area (Å²) in [6.07, 6.45) is -6.24. The zero-order valence-electron chi connectivity index (χ0n) is 7.97. The summed E-state index contributed by atoms with van der Waals surface area (Å²) in [4.78, 5) is 1.33. The van der Waals surface area contributed by atoms with Crippen molar-refractivity contribution >= 4 is 0 Å². The Labute approximate surface area is 86.1 Å². The Hall–Kier alpha value is -0.280. The van der Waals surface area contributed by atoms with Crippen molar-refractivity contribution in [2.45, 2.75) is 36.9 Å². The Morgan fingerprint density at radius 1 is 1.00 bits per heavy atom. The maximum Gasteiger partial charge on any atom is 0.195 e. The molecule has 0 aromatic carbocycles. The van der Waals surface area contributed by atoms with Crippen LogP contribution in [0.15, 0.2) is 0 Å². The number of morpholine rings is 1. The molecule has 0 bridgehead atoms. The first-order valence-electron chi connectivity index (χ1n) is 4.80. The fourth-order valence-electron chi connectivity index (χ4n) is 2.06. The molecule has 2 fully saturated rings. The maximum absolute atomic E-state index is 9.62. The molecule has 0 spiro atoms. The molecule has 2 aliphatic heterocycles. The van der Waals surface area contributed by atoms with Gasteiger partial charge in [0.05, 0.1) is 18.8 Å². The van der Waals surface area contributed by atoms with E-state index in [1.165, 1.54) is 4.90 Å². The standard InChI is InChI=1S/C8H15NO6/c10-4-1-9-3(5(11)6(4)12)2-15-8(14)7(9)13/h3-8,10-14H,1-2H2/t3-,4?,5?,6?,7?,8?/m1/s1. The third kappa shape index (κ3) is 1.76. The molecule has 0 radical (unpaired) electrons. The van der Waals surface area contributed by atoms with E-state index in [9.17, 15) is 25.5 Å². The van der Waals surface area contributed by atoms with E-state index in [2.05, 4.69) is 0 Å². The van der Waals surface area contributed by atoms with Gasteiger partial charge < -0.3 is 30.3 Å². The van der Waals surface area contributed by atoms with Crippen LogP contribution in [0.1, 0.15) is 0 Å². The van der Waals surface area contributed by atoms with Crippen LogP contribution >= 0.6 is 0 Å². The number of aliphatic hydroxyl groups is 5. The smallest absolute Gasteiger partial charge is 0.195 e. The van der Waals surface area contributed by atoms with Gasteiger partial charge in [0, 0.05) is 6.54 Å². The molecule has 0 aromatic heterocycles. The van der Waals surface area contributed by atoms with Crippen molar-refractivity contribution in [1.29, 1.82) is 0 Å². The molecule has 2 heterocycles. The molecule has 0 amide bonds. The van der Waals surface area contributed by atoms with Crippen molar-refractivity contribution in [2.75, 3.05) is 13.2 Å². The highest BCUT2D eigenvalue weighted by molar-refractivity contribution is 4.97. The van der Waals surface area contributed by atoms with Gasteiger partial charge in [-0.15, -0.1) is 0 Å². The summed E-state index contributed by atoms with van der Waals surface area (Å²) < 4.78 is 4.82. The van der Waals surface area contributed by atoms with E-state index in [0.717, 1.165) is 0 Å². The Morgan fingerprint density at radius 3 is 2.33 bits per heavy atom. The highest BCUT2D eigenvalue weighted by Gasteiger charge is 2.48. The monoisotopic (exact) mass is 221 g/mol. The van der Waals surface area contributed by atoms with Gasteiger partial charge in [-0.1, -0.05) is 0 Å². The molecule has 0 saturated carbocycles. The third-order valence-electron chi connectivity index (χ3n) is 2.99. The Morgan fingerprint density at radius 2 is 1.67 bits per heavy atom. The summed E-state index contributed by atoms with van der Waals surface area (Å²) >= 11 is 0. The minimum atomic E-state index is -1.35. The quantitative estimate of drug-likeness (QED) is 0.287. The Kier molecular flexibility index (Phi) is 2.95. The molecule has 5 unspecified atom stereocenters. The van der Waals surface area contributed by atoms with Crippen LogP contribution in [0.4, 0.5) is 0 Å². The summed E-state index contributed by atoms with van der Waals surface area (Å²) in [6.45, 7) is -0.00630. The van der Waals surface area contributed by atoms with Crippen LogP contribution in [0.3, 0.4) is 0 Å². The molecule has 0 aromatic rings. The molecule has 88 valence electrons. The van der Waals surface area contributed by atoms with Gasteiger partial charge in [-0.3, -0.25) is 4.90 Å². The average molecular weight is 221 g/mol. The van der Waals surface area contributed by atoms with Crippen molar-refractivity contribution in [1.82, 2.24) is 4.90 Å². The zero-order valence-corrected chi connectivity index (χ0v) is 7.97. The SMILES string of the molecule is OC1CN2C(O)C(O)OC[C@@H]2C(O)C1O. The summed E-state index contributed by atoms with van der Waals surface area (Å²) in [7, 11) is 0. The van der Waals surface area contributed by atoms with E-state index in [-0.39, 0.29) is 13.2 Å². The lowest BCUT2D eigenvalue weighted by molar-refractivity contribution is -0.291. The van der Waals surface area contributed by atoms with Crippen LogP contribution in [-0.4, -0.2) is 80.5 Å². The van der Waals surface area contributed by atoms with Gasteiger partial charge >= 0.3 is 0 Å². The normalized spacial score (nSPS) is 52.6. The fraction of sp³-hybridized carbons (Fsp3) is 1.00. The Balaban J connectivity index is 2.15. The number of piperidine rings is 1. The summed E-state index contributed by atoms with van der Waals surface area (Å²) in [5.41, 5.74) is 0. The number of nitrogens with zero attached hydrogens (tertiary/aromatic N) is 1. The molecule has 0 aliphatic carbocycles. The minimum absolute atomic E-state index is 0.00315. The summed E-state index contributed by atoms with van der Waals surface area (Å²) in [6, 6.07) is -0.609. The third-order valence-corrected chi connectivity index (χ3v) is 2.99. The number of rotatable bonds is 0. The Bertz CT molecular complexity index is 239. The number of fused-ring (bicyclic) bond motifs is 1.